The number of benzene rings is 2. The number of nitrogens with one attached hydrogen (secondary N) is 1. The molecule has 2 heterocycles. The molecule has 36 heavy (non-hydrogen) atoms. The summed E-state index contributed by atoms with van der Waals surface area (Å²) >= 11 is 1.46. The van der Waals surface area contributed by atoms with Gasteiger partial charge in [0, 0.05) is 41.2 Å². The second kappa shape index (κ2) is 9.95. The number of furan rings is 1. The van der Waals surface area contributed by atoms with Crippen LogP contribution in [0, 0.1) is 5.92 Å². The highest BCUT2D eigenvalue weighted by molar-refractivity contribution is 8.00. The molecule has 194 valence electrons. The third kappa shape index (κ3) is 5.33. The number of carboxylic acid groups (broad SMARTS) is 1. The van der Waals surface area contributed by atoms with Crippen LogP contribution in [-0.2, 0) is 19.6 Å². The van der Waals surface area contributed by atoms with Gasteiger partial charge in [0.25, 0.3) is 0 Å². The Morgan fingerprint density at radius 2 is 1.94 bits per heavy atom. The Morgan fingerprint density at radius 1 is 1.19 bits per heavy atom. The molecule has 1 atom stereocenters. The topological polar surface area (TPSA) is 126 Å². The minimum atomic E-state index is -4.07. The highest BCUT2D eigenvalue weighted by Crippen LogP contribution is 2.40. The van der Waals surface area contributed by atoms with Crippen LogP contribution in [0.3, 0.4) is 0 Å². The molecule has 4 rings (SSSR count). The maximum atomic E-state index is 13.6. The fourth-order valence-corrected chi connectivity index (χ4v) is 7.23. The summed E-state index contributed by atoms with van der Waals surface area (Å²) in [6.45, 7) is 7.77. The number of ether oxygens (including phenoxy) is 1. The lowest BCUT2D eigenvalue weighted by atomic mass is 10.1. The van der Waals surface area contributed by atoms with E-state index in [1.54, 1.807) is 38.1 Å². The summed E-state index contributed by atoms with van der Waals surface area (Å²) in [5.74, 6) is 0.863. The normalized spacial score (nSPS) is 18.5. The molecule has 1 fully saturated rings. The summed E-state index contributed by atoms with van der Waals surface area (Å²) in [6.07, 6.45) is -1.48. The third-order valence-electron chi connectivity index (χ3n) is 6.14. The van der Waals surface area contributed by atoms with E-state index in [-0.39, 0.29) is 17.3 Å². The molecule has 0 radical (unpaired) electrons. The van der Waals surface area contributed by atoms with Crippen LogP contribution < -0.4 is 5.32 Å². The van der Waals surface area contributed by atoms with E-state index in [0.717, 1.165) is 10.7 Å². The number of amides is 1. The van der Waals surface area contributed by atoms with Crippen molar-refractivity contribution in [2.45, 2.75) is 56.4 Å². The van der Waals surface area contributed by atoms with Crippen molar-refractivity contribution in [3.05, 3.63) is 36.4 Å². The van der Waals surface area contributed by atoms with Crippen LogP contribution >= 0.6 is 11.8 Å². The molecule has 0 unspecified atom stereocenters. The Hall–Kier alpha value is -2.76. The quantitative estimate of drug-likeness (QED) is 0.381. The summed E-state index contributed by atoms with van der Waals surface area (Å²) in [5, 5.41) is 13.4. The van der Waals surface area contributed by atoms with Crippen LogP contribution in [0.15, 0.2) is 45.7 Å². The van der Waals surface area contributed by atoms with Crippen LogP contribution in [0.5, 0.6) is 0 Å². The molecule has 1 aliphatic heterocycles. The molecule has 2 aromatic carbocycles. The van der Waals surface area contributed by atoms with Gasteiger partial charge in [-0.15, -0.1) is 11.8 Å². The molecule has 0 aliphatic carbocycles. The lowest BCUT2D eigenvalue weighted by Crippen LogP contribution is -2.56. The average molecular weight is 535 g/mol. The van der Waals surface area contributed by atoms with Gasteiger partial charge in [0.2, 0.25) is 15.9 Å². The largest absolute Gasteiger partial charge is 0.507 e. The first kappa shape index (κ1) is 26.3. The van der Waals surface area contributed by atoms with Gasteiger partial charge in [-0.25, -0.2) is 13.2 Å². The van der Waals surface area contributed by atoms with Gasteiger partial charge < -0.3 is 19.6 Å². The Balaban J connectivity index is 1.66. The summed E-state index contributed by atoms with van der Waals surface area (Å²) in [6, 6.07) is 9.82. The van der Waals surface area contributed by atoms with Crippen LogP contribution in [0.2, 0.25) is 0 Å². The molecule has 2 N–H and O–H groups in total. The van der Waals surface area contributed by atoms with Crippen LogP contribution in [-0.4, -0.2) is 53.2 Å². The zero-order valence-electron chi connectivity index (χ0n) is 20.6. The van der Waals surface area contributed by atoms with Gasteiger partial charge in [-0.05, 0) is 56.5 Å². The SMILES string of the molecule is CC(C)CCC(=O)Nc1ccc2c(c1)oc1ccc(S(=O)(=O)N3CCSC(C)(C)[C@@H]3OC(=O)O)cc12. The first-order valence-corrected chi connectivity index (χ1v) is 14.1. The summed E-state index contributed by atoms with van der Waals surface area (Å²) in [5.41, 5.74) is 1.62. The van der Waals surface area contributed by atoms with Crippen molar-refractivity contribution in [2.75, 3.05) is 17.6 Å². The van der Waals surface area contributed by atoms with Gasteiger partial charge >= 0.3 is 6.16 Å². The number of fused-ring (bicyclic) bond motifs is 3. The van der Waals surface area contributed by atoms with E-state index in [9.17, 15) is 23.1 Å². The summed E-state index contributed by atoms with van der Waals surface area (Å²) in [4.78, 5) is 23.5. The molecule has 1 aliphatic rings. The Kier molecular flexibility index (Phi) is 7.27. The van der Waals surface area contributed by atoms with E-state index in [1.807, 2.05) is 0 Å². The molecule has 1 amide bonds. The number of carbonyl (C=O) groups excluding carboxylic acids is 1. The lowest BCUT2D eigenvalue weighted by molar-refractivity contribution is -0.116. The minimum Gasteiger partial charge on any atom is -0.456 e. The number of hydrogen-bond acceptors (Lipinski definition) is 7. The second-order valence-electron chi connectivity index (χ2n) is 9.76. The number of sulfonamides is 1. The minimum absolute atomic E-state index is 0.0189. The maximum Gasteiger partial charge on any atom is 0.507 e. The van der Waals surface area contributed by atoms with Gasteiger partial charge in [-0.1, -0.05) is 13.8 Å². The highest BCUT2D eigenvalue weighted by atomic mass is 32.2. The molecular weight excluding hydrogens is 504 g/mol. The molecule has 0 spiro atoms. The molecule has 1 aromatic heterocycles. The molecule has 1 saturated heterocycles. The van der Waals surface area contributed by atoms with Crippen LogP contribution in [0.4, 0.5) is 10.5 Å². The highest BCUT2D eigenvalue weighted by Gasteiger charge is 2.47. The fraction of sp³-hybridized carbons (Fsp3) is 0.440. The van der Waals surface area contributed by atoms with E-state index in [4.69, 9.17) is 9.15 Å². The standard InChI is InChI=1S/C25H30N2O7S2/c1-15(2)5-10-22(28)26-16-6-8-18-19-14-17(7-9-20(19)33-21(18)13-16)36(31,32)27-11-12-35-25(3,4)23(27)34-24(29)30/h6-9,13-15,23H,5,10-12H2,1-4H3,(H,26,28)(H,29,30)/t23-/m0/s1. The van der Waals surface area contributed by atoms with E-state index in [0.29, 0.717) is 45.7 Å². The molecular formula is C25H30N2O7S2. The smallest absolute Gasteiger partial charge is 0.456 e. The Morgan fingerprint density at radius 3 is 2.64 bits per heavy atom. The Bertz CT molecular complexity index is 1410. The first-order valence-electron chi connectivity index (χ1n) is 11.7. The zero-order chi connectivity index (χ0) is 26.3. The van der Waals surface area contributed by atoms with Crippen molar-refractivity contribution in [1.82, 2.24) is 4.31 Å². The number of anilines is 1. The third-order valence-corrected chi connectivity index (χ3v) is 9.31. The van der Waals surface area contributed by atoms with Crippen molar-refractivity contribution in [1.29, 1.82) is 0 Å². The Labute approximate surface area is 214 Å². The number of nitrogens with zero attached hydrogens (tertiary/aromatic N) is 1. The van der Waals surface area contributed by atoms with Gasteiger partial charge in [0.05, 0.1) is 9.64 Å². The summed E-state index contributed by atoms with van der Waals surface area (Å²) in [7, 11) is -4.07. The van der Waals surface area contributed by atoms with Gasteiger partial charge in [0.1, 0.15) is 11.2 Å². The van der Waals surface area contributed by atoms with Crippen LogP contribution in [0.25, 0.3) is 21.9 Å². The van der Waals surface area contributed by atoms with Crippen molar-refractivity contribution in [2.24, 2.45) is 5.92 Å². The fourth-order valence-electron chi connectivity index (χ4n) is 4.25. The van der Waals surface area contributed by atoms with Gasteiger partial charge in [-0.2, -0.15) is 4.31 Å². The second-order valence-corrected chi connectivity index (χ2v) is 13.4. The van der Waals surface area contributed by atoms with Crippen LogP contribution in [0.1, 0.15) is 40.5 Å². The lowest BCUT2D eigenvalue weighted by Gasteiger charge is -2.43. The van der Waals surface area contributed by atoms with Gasteiger partial charge in [-0.3, -0.25) is 4.79 Å². The number of hydrogen-bond donors (Lipinski definition) is 2. The number of rotatable bonds is 7. The van der Waals surface area contributed by atoms with E-state index < -0.39 is 27.2 Å². The van der Waals surface area contributed by atoms with Crippen molar-refractivity contribution < 1.29 is 32.3 Å². The van der Waals surface area contributed by atoms with Gasteiger partial charge in [0.15, 0.2) is 6.23 Å². The summed E-state index contributed by atoms with van der Waals surface area (Å²) < 4.78 is 38.6. The number of carbonyl (C=O) groups is 2. The van der Waals surface area contributed by atoms with Crippen molar-refractivity contribution in [3.8, 4) is 0 Å². The van der Waals surface area contributed by atoms with Crippen molar-refractivity contribution in [3.63, 3.8) is 0 Å². The maximum absolute atomic E-state index is 13.6. The monoisotopic (exact) mass is 534 g/mol. The average Bonchev–Trinajstić information content (AvgIpc) is 3.15. The van der Waals surface area contributed by atoms with Crippen molar-refractivity contribution >= 4 is 61.5 Å². The van der Waals surface area contributed by atoms with E-state index >= 15 is 0 Å². The number of thioether (sulfide) groups is 1. The molecule has 0 bridgehead atoms. The predicted octanol–water partition coefficient (Wildman–Crippen LogP) is 5.50. The molecule has 9 nitrogen and oxygen atoms in total. The first-order chi connectivity index (χ1) is 16.9. The molecule has 0 saturated carbocycles. The zero-order valence-corrected chi connectivity index (χ0v) is 22.2. The van der Waals surface area contributed by atoms with E-state index in [2.05, 4.69) is 19.2 Å². The molecule has 3 aromatic rings. The molecule has 11 heteroatoms. The van der Waals surface area contributed by atoms with E-state index in [1.165, 1.54) is 23.9 Å². The predicted molar refractivity (Wildman–Crippen MR) is 140 cm³/mol.